The lowest BCUT2D eigenvalue weighted by atomic mass is 9.94. The molecule has 0 unspecified atom stereocenters. The van der Waals surface area contributed by atoms with E-state index >= 15 is 0 Å². The molecule has 1 aliphatic rings. The van der Waals surface area contributed by atoms with Crippen molar-refractivity contribution in [2.24, 2.45) is 0 Å². The third kappa shape index (κ3) is 4.38. The number of aliphatic hydroxyl groups excluding tert-OH is 1. The predicted octanol–water partition coefficient (Wildman–Crippen LogP) is 4.72. The van der Waals surface area contributed by atoms with Crippen molar-refractivity contribution in [2.45, 2.75) is 13.0 Å². The van der Waals surface area contributed by atoms with Crippen molar-refractivity contribution in [3.8, 4) is 11.5 Å². The summed E-state index contributed by atoms with van der Waals surface area (Å²) in [6.45, 7) is 1.95. The van der Waals surface area contributed by atoms with Crippen LogP contribution in [0.25, 0.3) is 0 Å². The molecule has 3 aromatic rings. The molecule has 0 aliphatic carbocycles. The van der Waals surface area contributed by atoms with Crippen LogP contribution in [-0.4, -0.2) is 43.6 Å². The summed E-state index contributed by atoms with van der Waals surface area (Å²) in [6, 6.07) is 13.7. The van der Waals surface area contributed by atoms with Crippen LogP contribution in [0.15, 0.2) is 71.3 Å². The Kier molecular flexibility index (Phi) is 6.88. The van der Waals surface area contributed by atoms with Gasteiger partial charge in [0, 0.05) is 5.69 Å². The van der Waals surface area contributed by atoms with Gasteiger partial charge in [-0.1, -0.05) is 12.1 Å². The fraction of sp³-hybridized carbons (Fsp3) is 0.192. The Morgan fingerprint density at radius 3 is 2.34 bits per heavy atom. The number of ether oxygens (including phenoxy) is 3. The maximum atomic E-state index is 13.4. The topological polar surface area (TPSA) is 102 Å². The summed E-state index contributed by atoms with van der Waals surface area (Å²) in [7, 11) is 2.99. The number of thiophene rings is 1. The number of Topliss-reactive ketones (excluding diaryl/α,β-unsaturated/α-hetero) is 1. The zero-order valence-electron chi connectivity index (χ0n) is 19.3. The molecule has 0 saturated carbocycles. The Morgan fingerprint density at radius 2 is 1.74 bits per heavy atom. The number of ketones is 1. The minimum Gasteiger partial charge on any atom is -0.503 e. The van der Waals surface area contributed by atoms with Crippen molar-refractivity contribution >= 4 is 34.7 Å². The van der Waals surface area contributed by atoms with E-state index in [1.165, 1.54) is 42.6 Å². The molecule has 1 N–H and O–H groups in total. The number of benzene rings is 2. The molecule has 2 aromatic carbocycles. The molecule has 2 heterocycles. The quantitative estimate of drug-likeness (QED) is 0.358. The third-order valence-electron chi connectivity index (χ3n) is 5.58. The molecule has 8 nitrogen and oxygen atoms in total. The molecule has 0 radical (unpaired) electrons. The van der Waals surface area contributed by atoms with E-state index in [9.17, 15) is 19.5 Å². The summed E-state index contributed by atoms with van der Waals surface area (Å²) < 4.78 is 15.8. The van der Waals surface area contributed by atoms with Crippen LogP contribution in [0.5, 0.6) is 11.5 Å². The Hall–Kier alpha value is -4.11. The number of carbonyl (C=O) groups is 3. The highest BCUT2D eigenvalue weighted by Crippen LogP contribution is 2.44. The van der Waals surface area contributed by atoms with E-state index in [-0.39, 0.29) is 12.2 Å². The first-order valence-corrected chi connectivity index (χ1v) is 11.6. The second-order valence-electron chi connectivity index (χ2n) is 7.53. The normalized spacial score (nSPS) is 15.3. The fourth-order valence-corrected chi connectivity index (χ4v) is 4.63. The van der Waals surface area contributed by atoms with Gasteiger partial charge in [-0.25, -0.2) is 4.79 Å². The first-order chi connectivity index (χ1) is 16.9. The largest absolute Gasteiger partial charge is 0.503 e. The summed E-state index contributed by atoms with van der Waals surface area (Å²) in [5.41, 5.74) is 1.20. The van der Waals surface area contributed by atoms with Gasteiger partial charge >= 0.3 is 5.97 Å². The Morgan fingerprint density at radius 1 is 1.03 bits per heavy atom. The first kappa shape index (κ1) is 24.0. The van der Waals surface area contributed by atoms with E-state index in [1.807, 2.05) is 0 Å². The number of hydrogen-bond acceptors (Lipinski definition) is 8. The molecule has 0 fully saturated rings. The number of hydrogen-bond donors (Lipinski definition) is 1. The molecule has 35 heavy (non-hydrogen) atoms. The summed E-state index contributed by atoms with van der Waals surface area (Å²) in [6.07, 6.45) is 0. The number of rotatable bonds is 8. The number of amides is 1. The number of carbonyl (C=O) groups excluding carboxylic acids is 3. The summed E-state index contributed by atoms with van der Waals surface area (Å²) in [5.74, 6) is -1.41. The van der Waals surface area contributed by atoms with Crippen LogP contribution < -0.4 is 14.4 Å². The van der Waals surface area contributed by atoms with Crippen LogP contribution in [0.1, 0.15) is 38.6 Å². The van der Waals surface area contributed by atoms with E-state index in [0.29, 0.717) is 33.2 Å². The SMILES string of the molecule is CCOC(=O)c1ccc(N2C(=O)C(O)=C(C(=O)c3cccs3)[C@H]2c2ccc(OC)c(OC)c2)cc1. The number of anilines is 1. The van der Waals surface area contributed by atoms with Crippen molar-refractivity contribution in [2.75, 3.05) is 25.7 Å². The highest BCUT2D eigenvalue weighted by Gasteiger charge is 2.45. The van der Waals surface area contributed by atoms with Gasteiger partial charge in [-0.3, -0.25) is 14.5 Å². The van der Waals surface area contributed by atoms with Gasteiger partial charge in [0.15, 0.2) is 17.3 Å². The van der Waals surface area contributed by atoms with Crippen molar-refractivity contribution in [3.63, 3.8) is 0 Å². The smallest absolute Gasteiger partial charge is 0.338 e. The van der Waals surface area contributed by atoms with Crippen molar-refractivity contribution < 1.29 is 33.7 Å². The van der Waals surface area contributed by atoms with Gasteiger partial charge in [0.2, 0.25) is 5.78 Å². The molecule has 1 amide bonds. The van der Waals surface area contributed by atoms with Gasteiger partial charge in [0.25, 0.3) is 5.91 Å². The lowest BCUT2D eigenvalue weighted by Gasteiger charge is -2.27. The average Bonchev–Trinajstić information content (AvgIpc) is 3.51. The average molecular weight is 494 g/mol. The van der Waals surface area contributed by atoms with E-state index in [4.69, 9.17) is 14.2 Å². The van der Waals surface area contributed by atoms with Gasteiger partial charge in [-0.2, -0.15) is 0 Å². The zero-order valence-corrected chi connectivity index (χ0v) is 20.1. The van der Waals surface area contributed by atoms with Crippen molar-refractivity contribution in [1.29, 1.82) is 0 Å². The second kappa shape index (κ2) is 10.0. The standard InChI is InChI=1S/C26H23NO7S/c1-4-34-26(31)15-7-10-17(11-8-15)27-22(16-9-12-18(32-2)19(14-16)33-3)21(24(29)25(27)30)23(28)20-6-5-13-35-20/h5-14,22,29H,4H2,1-3H3/t22-/m1/s1. The van der Waals surface area contributed by atoms with Gasteiger partial charge in [-0.05, 0) is 60.3 Å². The predicted molar refractivity (Wildman–Crippen MR) is 130 cm³/mol. The zero-order chi connectivity index (χ0) is 25.1. The monoisotopic (exact) mass is 493 g/mol. The van der Waals surface area contributed by atoms with Crippen LogP contribution in [-0.2, 0) is 9.53 Å². The molecule has 1 aliphatic heterocycles. The molecule has 0 bridgehead atoms. The Balaban J connectivity index is 1.84. The molecule has 0 saturated heterocycles. The number of methoxy groups -OCH3 is 2. The van der Waals surface area contributed by atoms with Crippen LogP contribution in [0, 0.1) is 0 Å². The molecule has 180 valence electrons. The number of esters is 1. The molecule has 1 atom stereocenters. The van der Waals surface area contributed by atoms with Crippen LogP contribution in [0.4, 0.5) is 5.69 Å². The van der Waals surface area contributed by atoms with Gasteiger partial charge in [0.05, 0.1) is 42.9 Å². The van der Waals surface area contributed by atoms with Crippen molar-refractivity contribution in [1.82, 2.24) is 0 Å². The van der Waals surface area contributed by atoms with Crippen LogP contribution >= 0.6 is 11.3 Å². The Bertz CT molecular complexity index is 1300. The van der Waals surface area contributed by atoms with Crippen molar-refractivity contribution in [3.05, 3.63) is 87.3 Å². The lowest BCUT2D eigenvalue weighted by Crippen LogP contribution is -2.31. The first-order valence-electron chi connectivity index (χ1n) is 10.7. The van der Waals surface area contributed by atoms with E-state index in [2.05, 4.69) is 0 Å². The van der Waals surface area contributed by atoms with E-state index in [0.717, 1.165) is 0 Å². The number of nitrogens with zero attached hydrogens (tertiary/aromatic N) is 1. The third-order valence-corrected chi connectivity index (χ3v) is 6.45. The van der Waals surface area contributed by atoms with Crippen LogP contribution in [0.2, 0.25) is 0 Å². The maximum absolute atomic E-state index is 13.4. The Labute approximate surface area is 206 Å². The molecule has 9 heteroatoms. The van der Waals surface area contributed by atoms with E-state index in [1.54, 1.807) is 54.8 Å². The highest BCUT2D eigenvalue weighted by molar-refractivity contribution is 7.12. The van der Waals surface area contributed by atoms with Gasteiger partial charge in [-0.15, -0.1) is 11.3 Å². The lowest BCUT2D eigenvalue weighted by molar-refractivity contribution is -0.117. The molecular weight excluding hydrogens is 470 g/mol. The second-order valence-corrected chi connectivity index (χ2v) is 8.48. The summed E-state index contributed by atoms with van der Waals surface area (Å²) in [4.78, 5) is 40.5. The van der Waals surface area contributed by atoms with Gasteiger partial charge < -0.3 is 19.3 Å². The highest BCUT2D eigenvalue weighted by atomic mass is 32.1. The maximum Gasteiger partial charge on any atom is 0.338 e. The van der Waals surface area contributed by atoms with E-state index < -0.39 is 29.5 Å². The van der Waals surface area contributed by atoms with Gasteiger partial charge in [0.1, 0.15) is 0 Å². The minimum atomic E-state index is -0.939. The molecule has 1 aromatic heterocycles. The van der Waals surface area contributed by atoms with Crippen LogP contribution in [0.3, 0.4) is 0 Å². The minimum absolute atomic E-state index is 0.0425. The fourth-order valence-electron chi connectivity index (χ4n) is 3.95. The summed E-state index contributed by atoms with van der Waals surface area (Å²) in [5, 5.41) is 12.6. The molecule has 0 spiro atoms. The number of aliphatic hydroxyl groups is 1. The summed E-state index contributed by atoms with van der Waals surface area (Å²) >= 11 is 1.22. The molecule has 4 rings (SSSR count). The molecular formula is C26H23NO7S.